The monoisotopic (exact) mass is 474 g/mol. The summed E-state index contributed by atoms with van der Waals surface area (Å²) in [4.78, 5) is 56.6. The molecule has 2 aromatic carbocycles. The molecule has 3 amide bonds. The van der Waals surface area contributed by atoms with E-state index in [0.717, 1.165) is 57.4 Å². The molecule has 182 valence electrons. The van der Waals surface area contributed by atoms with Gasteiger partial charge in [0.25, 0.3) is 5.91 Å². The first-order chi connectivity index (χ1) is 16.9. The summed E-state index contributed by atoms with van der Waals surface area (Å²) in [7, 11) is 0. The fraction of sp³-hybridized carbons (Fsp3) is 0.407. The maximum absolute atomic E-state index is 13.5. The van der Waals surface area contributed by atoms with E-state index in [4.69, 9.17) is 0 Å². The van der Waals surface area contributed by atoms with Gasteiger partial charge in [0.05, 0.1) is 11.4 Å². The molecule has 8 heteroatoms. The van der Waals surface area contributed by atoms with Gasteiger partial charge in [-0.05, 0) is 81.5 Å². The summed E-state index contributed by atoms with van der Waals surface area (Å²) in [5, 5.41) is 2.83. The minimum atomic E-state index is -0.333. The number of benzene rings is 2. The topological polar surface area (TPSA) is 90.0 Å². The molecule has 0 bridgehead atoms. The van der Waals surface area contributed by atoms with E-state index in [1.165, 1.54) is 11.8 Å². The minimum absolute atomic E-state index is 0.0338. The van der Waals surface area contributed by atoms with Crippen molar-refractivity contribution in [2.75, 3.05) is 41.3 Å². The molecular weight excluding hydrogens is 444 g/mol. The Morgan fingerprint density at radius 1 is 0.886 bits per heavy atom. The van der Waals surface area contributed by atoms with Gasteiger partial charge in [-0.25, -0.2) is 0 Å². The van der Waals surface area contributed by atoms with Crippen molar-refractivity contribution in [2.24, 2.45) is 0 Å². The number of ketones is 1. The number of amides is 3. The van der Waals surface area contributed by atoms with Gasteiger partial charge in [0.1, 0.15) is 12.6 Å². The molecule has 0 radical (unpaired) electrons. The molecule has 2 saturated heterocycles. The number of anilines is 3. The van der Waals surface area contributed by atoms with Crippen molar-refractivity contribution in [1.29, 1.82) is 0 Å². The summed E-state index contributed by atoms with van der Waals surface area (Å²) in [5.41, 5.74) is 3.17. The normalized spacial score (nSPS) is 19.3. The molecule has 1 atom stereocenters. The van der Waals surface area contributed by atoms with E-state index in [1.54, 1.807) is 30.3 Å². The third-order valence-electron chi connectivity index (χ3n) is 7.15. The van der Waals surface area contributed by atoms with Crippen molar-refractivity contribution >= 4 is 40.6 Å². The van der Waals surface area contributed by atoms with Gasteiger partial charge in [-0.1, -0.05) is 0 Å². The summed E-state index contributed by atoms with van der Waals surface area (Å²) < 4.78 is 0. The highest BCUT2D eigenvalue weighted by Crippen LogP contribution is 2.40. The van der Waals surface area contributed by atoms with Gasteiger partial charge in [0.2, 0.25) is 11.8 Å². The van der Waals surface area contributed by atoms with Crippen molar-refractivity contribution < 1.29 is 19.2 Å². The van der Waals surface area contributed by atoms with Gasteiger partial charge >= 0.3 is 0 Å². The minimum Gasteiger partial charge on any atom is -0.358 e. The second-order valence-electron chi connectivity index (χ2n) is 9.51. The number of hydrogen-bond donors (Lipinski definition) is 1. The van der Waals surface area contributed by atoms with Crippen LogP contribution in [-0.4, -0.2) is 60.6 Å². The van der Waals surface area contributed by atoms with Gasteiger partial charge < -0.3 is 15.1 Å². The quantitative estimate of drug-likeness (QED) is 0.671. The third-order valence-corrected chi connectivity index (χ3v) is 7.15. The lowest BCUT2D eigenvalue weighted by Crippen LogP contribution is -2.56. The van der Waals surface area contributed by atoms with Crippen molar-refractivity contribution in [2.45, 2.75) is 45.1 Å². The third kappa shape index (κ3) is 4.52. The molecule has 0 unspecified atom stereocenters. The molecular formula is C27H30N4O4. The standard InChI is InChI=1S/C27H30N4O4/c1-18(32)19-7-10-21(11-8-19)28-25(33)17-31-24-16-20(26(34)29-13-4-5-14-29)9-12-22(24)30-15-3-2-6-23(30)27(31)35/h7-12,16,23H,2-6,13-15,17H2,1H3,(H,28,33)/t23-/m0/s1. The van der Waals surface area contributed by atoms with Crippen LogP contribution in [0.3, 0.4) is 0 Å². The Labute approximate surface area is 204 Å². The molecule has 35 heavy (non-hydrogen) atoms. The number of carbonyl (C=O) groups excluding carboxylic acids is 4. The Morgan fingerprint density at radius 3 is 2.29 bits per heavy atom. The Morgan fingerprint density at radius 2 is 1.57 bits per heavy atom. The molecule has 0 aromatic heterocycles. The van der Waals surface area contributed by atoms with Gasteiger partial charge in [-0.3, -0.25) is 24.1 Å². The summed E-state index contributed by atoms with van der Waals surface area (Å²) in [5.74, 6) is -0.520. The summed E-state index contributed by atoms with van der Waals surface area (Å²) in [6.07, 6.45) is 4.73. The second kappa shape index (κ2) is 9.52. The van der Waals surface area contributed by atoms with E-state index in [1.807, 2.05) is 17.0 Å². The van der Waals surface area contributed by atoms with Gasteiger partial charge in [0, 0.05) is 36.4 Å². The fourth-order valence-corrected chi connectivity index (χ4v) is 5.29. The first-order valence-electron chi connectivity index (χ1n) is 12.3. The van der Waals surface area contributed by atoms with Crippen molar-refractivity contribution in [3.63, 3.8) is 0 Å². The van der Waals surface area contributed by atoms with Crippen LogP contribution in [0.2, 0.25) is 0 Å². The molecule has 3 aliphatic rings. The Kier molecular flexibility index (Phi) is 6.28. The largest absolute Gasteiger partial charge is 0.358 e. The molecule has 3 heterocycles. The predicted molar refractivity (Wildman–Crippen MR) is 134 cm³/mol. The van der Waals surface area contributed by atoms with Crippen LogP contribution in [-0.2, 0) is 9.59 Å². The van der Waals surface area contributed by atoms with Crippen LogP contribution in [0.4, 0.5) is 17.1 Å². The maximum atomic E-state index is 13.5. The van der Waals surface area contributed by atoms with Crippen LogP contribution in [0.15, 0.2) is 42.5 Å². The Hall–Kier alpha value is -3.68. The zero-order chi connectivity index (χ0) is 24.5. The maximum Gasteiger partial charge on any atom is 0.253 e. The first kappa shape index (κ1) is 23.1. The van der Waals surface area contributed by atoms with Crippen LogP contribution in [0, 0.1) is 0 Å². The summed E-state index contributed by atoms with van der Waals surface area (Å²) >= 11 is 0. The summed E-state index contributed by atoms with van der Waals surface area (Å²) in [6, 6.07) is 11.9. The lowest BCUT2D eigenvalue weighted by atomic mass is 9.95. The predicted octanol–water partition coefficient (Wildman–Crippen LogP) is 3.47. The molecule has 8 nitrogen and oxygen atoms in total. The number of nitrogens with one attached hydrogen (secondary N) is 1. The molecule has 2 fully saturated rings. The van der Waals surface area contributed by atoms with Gasteiger partial charge in [-0.15, -0.1) is 0 Å². The van der Waals surface area contributed by atoms with E-state index in [-0.39, 0.29) is 36.1 Å². The van der Waals surface area contributed by atoms with Crippen LogP contribution < -0.4 is 15.1 Å². The van der Waals surface area contributed by atoms with Crippen LogP contribution in [0.25, 0.3) is 0 Å². The number of rotatable bonds is 5. The smallest absolute Gasteiger partial charge is 0.253 e. The van der Waals surface area contributed by atoms with E-state index in [2.05, 4.69) is 10.2 Å². The van der Waals surface area contributed by atoms with E-state index in [9.17, 15) is 19.2 Å². The first-order valence-corrected chi connectivity index (χ1v) is 12.3. The molecule has 3 aliphatic heterocycles. The van der Waals surface area contributed by atoms with Crippen LogP contribution >= 0.6 is 0 Å². The highest BCUT2D eigenvalue weighted by molar-refractivity contribution is 6.11. The lowest BCUT2D eigenvalue weighted by Gasteiger charge is -2.45. The van der Waals surface area contributed by atoms with E-state index < -0.39 is 0 Å². The molecule has 5 rings (SSSR count). The second-order valence-corrected chi connectivity index (χ2v) is 9.51. The summed E-state index contributed by atoms with van der Waals surface area (Å²) in [6.45, 7) is 3.62. The molecule has 0 aliphatic carbocycles. The molecule has 2 aromatic rings. The molecule has 0 spiro atoms. The average Bonchev–Trinajstić information content (AvgIpc) is 3.41. The van der Waals surface area contributed by atoms with Crippen molar-refractivity contribution in [3.8, 4) is 0 Å². The zero-order valence-corrected chi connectivity index (χ0v) is 20.0. The number of likely N-dealkylation sites (tertiary alicyclic amines) is 1. The average molecular weight is 475 g/mol. The highest BCUT2D eigenvalue weighted by atomic mass is 16.2. The van der Waals surface area contributed by atoms with Crippen LogP contribution in [0.1, 0.15) is 59.7 Å². The number of hydrogen-bond acceptors (Lipinski definition) is 5. The van der Waals surface area contributed by atoms with E-state index in [0.29, 0.717) is 22.5 Å². The Bertz CT molecular complexity index is 1170. The lowest BCUT2D eigenvalue weighted by molar-refractivity contribution is -0.123. The van der Waals surface area contributed by atoms with Crippen molar-refractivity contribution in [3.05, 3.63) is 53.6 Å². The number of piperidine rings is 1. The molecule has 0 saturated carbocycles. The number of Topliss-reactive ketones (excluding diaryl/α,β-unsaturated/α-hetero) is 1. The Balaban J connectivity index is 1.42. The van der Waals surface area contributed by atoms with Crippen molar-refractivity contribution in [1.82, 2.24) is 4.90 Å². The number of carbonyl (C=O) groups is 4. The molecule has 1 N–H and O–H groups in total. The zero-order valence-electron chi connectivity index (χ0n) is 20.0. The number of fused-ring (bicyclic) bond motifs is 3. The SMILES string of the molecule is CC(=O)c1ccc(NC(=O)CN2C(=O)[C@@H]3CCCCN3c3ccc(C(=O)N4CCCC4)cc32)cc1. The van der Waals surface area contributed by atoms with Gasteiger partial charge in [-0.2, -0.15) is 0 Å². The highest BCUT2D eigenvalue weighted by Gasteiger charge is 2.40. The van der Waals surface area contributed by atoms with Gasteiger partial charge in [0.15, 0.2) is 5.78 Å². The number of nitrogens with zero attached hydrogens (tertiary/aromatic N) is 3. The van der Waals surface area contributed by atoms with E-state index >= 15 is 0 Å². The van der Waals surface area contributed by atoms with Crippen LogP contribution in [0.5, 0.6) is 0 Å². The fourth-order valence-electron chi connectivity index (χ4n) is 5.29.